The predicted octanol–water partition coefficient (Wildman–Crippen LogP) is 3.73. The number of amides is 1. The lowest BCUT2D eigenvalue weighted by Gasteiger charge is -2.38. The molecule has 1 aromatic heterocycles. The molecule has 1 saturated heterocycles. The van der Waals surface area contributed by atoms with Gasteiger partial charge in [-0.25, -0.2) is 0 Å². The van der Waals surface area contributed by atoms with Gasteiger partial charge >= 0.3 is 0 Å². The van der Waals surface area contributed by atoms with Gasteiger partial charge in [0.25, 0.3) is 0 Å². The summed E-state index contributed by atoms with van der Waals surface area (Å²) in [6, 6.07) is 11.6. The molecule has 5 heteroatoms. The Hall–Kier alpha value is -1.78. The Morgan fingerprint density at radius 3 is 2.67 bits per heavy atom. The fourth-order valence-corrected chi connectivity index (χ4v) is 3.58. The van der Waals surface area contributed by atoms with E-state index in [4.69, 9.17) is 20.8 Å². The van der Waals surface area contributed by atoms with Crippen molar-refractivity contribution in [3.8, 4) is 0 Å². The van der Waals surface area contributed by atoms with Gasteiger partial charge in [0.15, 0.2) is 0 Å². The Kier molecular flexibility index (Phi) is 5.59. The van der Waals surface area contributed by atoms with Crippen molar-refractivity contribution in [3.63, 3.8) is 0 Å². The number of carbonyl (C=O) groups excluding carboxylic acids is 1. The van der Waals surface area contributed by atoms with E-state index in [2.05, 4.69) is 11.4 Å². The average Bonchev–Trinajstić information content (AvgIpc) is 3.13. The van der Waals surface area contributed by atoms with E-state index in [9.17, 15) is 4.79 Å². The van der Waals surface area contributed by atoms with E-state index in [0.29, 0.717) is 32.6 Å². The van der Waals surface area contributed by atoms with Gasteiger partial charge in [-0.1, -0.05) is 29.8 Å². The third-order valence-corrected chi connectivity index (χ3v) is 5.03. The standard InChI is InChI=1S/C19H22ClNO3/c20-17-6-2-1-5-16(17)19(9-12-23-13-10-19)14-21-18(22)8-7-15-4-3-11-24-15/h1-6,11H,7-10,12-14H2,(H,21,22). The molecule has 0 spiro atoms. The van der Waals surface area contributed by atoms with Crippen LogP contribution in [0.3, 0.4) is 0 Å². The van der Waals surface area contributed by atoms with Crippen molar-refractivity contribution < 1.29 is 13.9 Å². The predicted molar refractivity (Wildman–Crippen MR) is 93.2 cm³/mol. The minimum absolute atomic E-state index is 0.0318. The number of furan rings is 1. The van der Waals surface area contributed by atoms with Crippen molar-refractivity contribution in [2.75, 3.05) is 19.8 Å². The lowest BCUT2D eigenvalue weighted by Crippen LogP contribution is -2.44. The maximum Gasteiger partial charge on any atom is 0.220 e. The second-order valence-corrected chi connectivity index (χ2v) is 6.64. The summed E-state index contributed by atoms with van der Waals surface area (Å²) in [7, 11) is 0. The van der Waals surface area contributed by atoms with E-state index in [1.807, 2.05) is 30.3 Å². The van der Waals surface area contributed by atoms with Gasteiger partial charge in [0.1, 0.15) is 5.76 Å². The molecule has 128 valence electrons. The van der Waals surface area contributed by atoms with E-state index < -0.39 is 0 Å². The van der Waals surface area contributed by atoms with Crippen LogP contribution in [0.15, 0.2) is 47.1 Å². The van der Waals surface area contributed by atoms with Crippen molar-refractivity contribution in [2.45, 2.75) is 31.1 Å². The Morgan fingerprint density at radius 1 is 1.17 bits per heavy atom. The van der Waals surface area contributed by atoms with E-state index in [1.54, 1.807) is 6.26 Å². The lowest BCUT2D eigenvalue weighted by atomic mass is 9.74. The molecule has 4 nitrogen and oxygen atoms in total. The molecule has 0 bridgehead atoms. The van der Waals surface area contributed by atoms with Crippen LogP contribution in [0.2, 0.25) is 5.02 Å². The molecule has 1 fully saturated rings. The molecule has 0 aliphatic carbocycles. The van der Waals surface area contributed by atoms with Crippen LogP contribution in [0.4, 0.5) is 0 Å². The number of nitrogens with one attached hydrogen (secondary N) is 1. The zero-order valence-electron chi connectivity index (χ0n) is 13.6. The maximum atomic E-state index is 12.2. The minimum Gasteiger partial charge on any atom is -0.469 e. The molecule has 24 heavy (non-hydrogen) atoms. The van der Waals surface area contributed by atoms with Gasteiger partial charge in [0.05, 0.1) is 6.26 Å². The van der Waals surface area contributed by atoms with Crippen LogP contribution in [0, 0.1) is 0 Å². The molecule has 2 heterocycles. The van der Waals surface area contributed by atoms with E-state index in [0.717, 1.165) is 29.2 Å². The highest BCUT2D eigenvalue weighted by Gasteiger charge is 2.36. The zero-order chi connectivity index (χ0) is 16.8. The third kappa shape index (κ3) is 4.00. The fraction of sp³-hybridized carbons (Fsp3) is 0.421. The number of ether oxygens (including phenoxy) is 1. The normalized spacial score (nSPS) is 16.7. The molecule has 0 saturated carbocycles. The highest BCUT2D eigenvalue weighted by Crippen LogP contribution is 2.38. The molecule has 2 aromatic rings. The van der Waals surface area contributed by atoms with Crippen LogP contribution in [-0.2, 0) is 21.4 Å². The maximum absolute atomic E-state index is 12.2. The van der Waals surface area contributed by atoms with Crippen LogP contribution < -0.4 is 5.32 Å². The summed E-state index contributed by atoms with van der Waals surface area (Å²) in [4.78, 5) is 12.2. The van der Waals surface area contributed by atoms with Crippen LogP contribution in [0.5, 0.6) is 0 Å². The largest absolute Gasteiger partial charge is 0.469 e. The van der Waals surface area contributed by atoms with Gasteiger partial charge in [-0.15, -0.1) is 0 Å². The van der Waals surface area contributed by atoms with Gasteiger partial charge in [-0.05, 0) is 36.6 Å². The Balaban J connectivity index is 1.64. The van der Waals surface area contributed by atoms with Crippen LogP contribution >= 0.6 is 11.6 Å². The van der Waals surface area contributed by atoms with Crippen molar-refractivity contribution in [2.24, 2.45) is 0 Å². The molecule has 3 rings (SSSR count). The number of hydrogen-bond acceptors (Lipinski definition) is 3. The van der Waals surface area contributed by atoms with Crippen LogP contribution in [-0.4, -0.2) is 25.7 Å². The number of rotatable bonds is 6. The van der Waals surface area contributed by atoms with Gasteiger partial charge in [-0.2, -0.15) is 0 Å². The van der Waals surface area contributed by atoms with Gasteiger partial charge < -0.3 is 14.5 Å². The molecule has 1 aromatic carbocycles. The first-order chi connectivity index (χ1) is 11.7. The summed E-state index contributed by atoms with van der Waals surface area (Å²) in [5, 5.41) is 3.84. The van der Waals surface area contributed by atoms with E-state index in [-0.39, 0.29) is 11.3 Å². The quantitative estimate of drug-likeness (QED) is 0.866. The highest BCUT2D eigenvalue weighted by atomic mass is 35.5. The number of benzene rings is 1. The number of hydrogen-bond donors (Lipinski definition) is 1. The van der Waals surface area contributed by atoms with Crippen molar-refractivity contribution >= 4 is 17.5 Å². The topological polar surface area (TPSA) is 51.5 Å². The molecule has 1 aliphatic rings. The Bertz CT molecular complexity index is 663. The van der Waals surface area contributed by atoms with Crippen molar-refractivity contribution in [3.05, 3.63) is 59.0 Å². The Labute approximate surface area is 147 Å². The molecule has 1 aliphatic heterocycles. The highest BCUT2D eigenvalue weighted by molar-refractivity contribution is 6.31. The second-order valence-electron chi connectivity index (χ2n) is 6.23. The Morgan fingerprint density at radius 2 is 1.96 bits per heavy atom. The van der Waals surface area contributed by atoms with E-state index in [1.165, 1.54) is 0 Å². The molecule has 0 unspecified atom stereocenters. The summed E-state index contributed by atoms with van der Waals surface area (Å²) >= 11 is 6.43. The van der Waals surface area contributed by atoms with Crippen molar-refractivity contribution in [1.29, 1.82) is 0 Å². The molecule has 0 radical (unpaired) electrons. The molecule has 1 N–H and O–H groups in total. The smallest absolute Gasteiger partial charge is 0.220 e. The second kappa shape index (κ2) is 7.86. The first-order valence-corrected chi connectivity index (χ1v) is 8.69. The fourth-order valence-electron chi connectivity index (χ4n) is 3.24. The first-order valence-electron chi connectivity index (χ1n) is 8.31. The summed E-state index contributed by atoms with van der Waals surface area (Å²) in [5.74, 6) is 0.862. The number of halogens is 1. The van der Waals surface area contributed by atoms with Gasteiger partial charge in [-0.3, -0.25) is 4.79 Å². The zero-order valence-corrected chi connectivity index (χ0v) is 14.3. The van der Waals surface area contributed by atoms with Gasteiger partial charge in [0, 0.05) is 43.0 Å². The summed E-state index contributed by atoms with van der Waals surface area (Å²) < 4.78 is 10.8. The SMILES string of the molecule is O=C(CCc1ccco1)NCC1(c2ccccc2Cl)CCOCC1. The minimum atomic E-state index is -0.156. The molecule has 0 atom stereocenters. The molecular weight excluding hydrogens is 326 g/mol. The average molecular weight is 348 g/mol. The van der Waals surface area contributed by atoms with Crippen LogP contribution in [0.25, 0.3) is 0 Å². The number of aryl methyl sites for hydroxylation is 1. The summed E-state index contributed by atoms with van der Waals surface area (Å²) in [6.07, 6.45) is 4.37. The summed E-state index contributed by atoms with van der Waals surface area (Å²) in [5.41, 5.74) is 0.943. The molecular formula is C19H22ClNO3. The van der Waals surface area contributed by atoms with E-state index >= 15 is 0 Å². The van der Waals surface area contributed by atoms with Gasteiger partial charge in [0.2, 0.25) is 5.91 Å². The lowest BCUT2D eigenvalue weighted by molar-refractivity contribution is -0.121. The summed E-state index contributed by atoms with van der Waals surface area (Å²) in [6.45, 7) is 1.96. The first kappa shape index (κ1) is 17.1. The molecule has 1 amide bonds. The third-order valence-electron chi connectivity index (χ3n) is 4.70. The number of carbonyl (C=O) groups is 1. The van der Waals surface area contributed by atoms with Crippen molar-refractivity contribution in [1.82, 2.24) is 5.32 Å². The monoisotopic (exact) mass is 347 g/mol. The van der Waals surface area contributed by atoms with Crippen LogP contribution in [0.1, 0.15) is 30.6 Å².